The van der Waals surface area contributed by atoms with Crippen LogP contribution in [0.2, 0.25) is 0 Å². The van der Waals surface area contributed by atoms with Gasteiger partial charge in [0.25, 0.3) is 0 Å². The first-order chi connectivity index (χ1) is 10.5. The Morgan fingerprint density at radius 1 is 1.50 bits per heavy atom. The maximum atomic E-state index is 11.4. The van der Waals surface area contributed by atoms with E-state index in [1.54, 1.807) is 13.0 Å². The molecule has 22 heavy (non-hydrogen) atoms. The third-order valence-electron chi connectivity index (χ3n) is 4.29. The Labute approximate surface area is 129 Å². The zero-order valence-corrected chi connectivity index (χ0v) is 13.0. The summed E-state index contributed by atoms with van der Waals surface area (Å²) in [4.78, 5) is 16.1. The highest BCUT2D eigenvalue weighted by atomic mass is 16.5. The molecule has 5 nitrogen and oxygen atoms in total. The lowest BCUT2D eigenvalue weighted by Gasteiger charge is -2.37. The number of imidazole rings is 1. The number of carbonyl (C=O) groups excluding carboxylic acids is 1. The fraction of sp³-hybridized carbons (Fsp3) is 0.412. The standard InChI is InChI=1S/C17H21N3O2/c1-3-22-15(21)8-6-12-5-7-14-13(11-12)19-16(20(14)2)17(18)9-4-10-17/h5-8,11H,3-4,9-10,18H2,1-2H3/b8-6+. The van der Waals surface area contributed by atoms with Crippen LogP contribution in [0.3, 0.4) is 0 Å². The minimum Gasteiger partial charge on any atom is -0.463 e. The normalized spacial score (nSPS) is 16.9. The summed E-state index contributed by atoms with van der Waals surface area (Å²) in [5.74, 6) is 0.611. The highest BCUT2D eigenvalue weighted by Gasteiger charge is 2.38. The third kappa shape index (κ3) is 2.52. The molecule has 0 amide bonds. The predicted molar refractivity (Wildman–Crippen MR) is 86.1 cm³/mol. The average Bonchev–Trinajstić information content (AvgIpc) is 2.80. The van der Waals surface area contributed by atoms with E-state index >= 15 is 0 Å². The van der Waals surface area contributed by atoms with Gasteiger partial charge < -0.3 is 15.0 Å². The molecule has 5 heteroatoms. The van der Waals surface area contributed by atoms with Crippen LogP contribution < -0.4 is 5.73 Å². The summed E-state index contributed by atoms with van der Waals surface area (Å²) < 4.78 is 6.96. The van der Waals surface area contributed by atoms with Crippen LogP contribution in [0.25, 0.3) is 17.1 Å². The van der Waals surface area contributed by atoms with Crippen LogP contribution in [-0.4, -0.2) is 22.1 Å². The van der Waals surface area contributed by atoms with Crippen LogP contribution in [0.15, 0.2) is 24.3 Å². The molecule has 1 aromatic carbocycles. The summed E-state index contributed by atoms with van der Waals surface area (Å²) in [5.41, 5.74) is 9.00. The molecule has 0 atom stereocenters. The maximum absolute atomic E-state index is 11.4. The molecular weight excluding hydrogens is 278 g/mol. The minimum absolute atomic E-state index is 0.283. The van der Waals surface area contributed by atoms with E-state index in [1.807, 2.05) is 25.2 Å². The van der Waals surface area contributed by atoms with Gasteiger partial charge in [0.2, 0.25) is 0 Å². The fourth-order valence-corrected chi connectivity index (χ4v) is 2.90. The number of fused-ring (bicyclic) bond motifs is 1. The van der Waals surface area contributed by atoms with Gasteiger partial charge in [-0.15, -0.1) is 0 Å². The van der Waals surface area contributed by atoms with Crippen molar-refractivity contribution in [2.75, 3.05) is 6.61 Å². The van der Waals surface area contributed by atoms with E-state index in [-0.39, 0.29) is 11.5 Å². The Kier molecular flexibility index (Phi) is 3.74. The topological polar surface area (TPSA) is 70.1 Å². The lowest BCUT2D eigenvalue weighted by atomic mass is 9.77. The quantitative estimate of drug-likeness (QED) is 0.695. The van der Waals surface area contributed by atoms with Gasteiger partial charge in [0, 0.05) is 13.1 Å². The summed E-state index contributed by atoms with van der Waals surface area (Å²) in [6, 6.07) is 5.95. The number of carbonyl (C=O) groups is 1. The average molecular weight is 299 g/mol. The number of nitrogens with two attached hydrogens (primary N) is 1. The molecule has 0 unspecified atom stereocenters. The Hall–Kier alpha value is -2.14. The lowest BCUT2D eigenvalue weighted by molar-refractivity contribution is -0.137. The van der Waals surface area contributed by atoms with E-state index < -0.39 is 0 Å². The van der Waals surface area contributed by atoms with Crippen LogP contribution in [-0.2, 0) is 22.1 Å². The van der Waals surface area contributed by atoms with Crippen molar-refractivity contribution in [1.82, 2.24) is 9.55 Å². The molecule has 1 heterocycles. The van der Waals surface area contributed by atoms with Crippen molar-refractivity contribution in [3.05, 3.63) is 35.7 Å². The number of esters is 1. The minimum atomic E-state index is -0.334. The Morgan fingerprint density at radius 3 is 2.91 bits per heavy atom. The number of aromatic nitrogens is 2. The Bertz CT molecular complexity index is 742. The number of hydrogen-bond acceptors (Lipinski definition) is 4. The van der Waals surface area contributed by atoms with Gasteiger partial charge in [-0.05, 0) is 50.0 Å². The summed E-state index contributed by atoms with van der Waals surface area (Å²) in [6.45, 7) is 2.17. The molecule has 1 aromatic heterocycles. The number of ether oxygens (including phenoxy) is 1. The molecule has 0 spiro atoms. The monoisotopic (exact) mass is 299 g/mol. The Morgan fingerprint density at radius 2 is 2.27 bits per heavy atom. The summed E-state index contributed by atoms with van der Waals surface area (Å²) in [6.07, 6.45) is 6.31. The second kappa shape index (κ2) is 5.57. The number of nitrogens with zero attached hydrogens (tertiary/aromatic N) is 2. The molecule has 0 radical (unpaired) electrons. The summed E-state index contributed by atoms with van der Waals surface area (Å²) >= 11 is 0. The fourth-order valence-electron chi connectivity index (χ4n) is 2.90. The van der Waals surface area contributed by atoms with Gasteiger partial charge in [-0.25, -0.2) is 9.78 Å². The second-order valence-electron chi connectivity index (χ2n) is 5.84. The first-order valence-electron chi connectivity index (χ1n) is 7.64. The Balaban J connectivity index is 1.92. The largest absolute Gasteiger partial charge is 0.463 e. The van der Waals surface area contributed by atoms with E-state index in [9.17, 15) is 4.79 Å². The maximum Gasteiger partial charge on any atom is 0.330 e. The van der Waals surface area contributed by atoms with Gasteiger partial charge in [0.1, 0.15) is 5.82 Å². The van der Waals surface area contributed by atoms with Crippen LogP contribution >= 0.6 is 0 Å². The van der Waals surface area contributed by atoms with Crippen LogP contribution in [0, 0.1) is 0 Å². The zero-order chi connectivity index (χ0) is 15.7. The summed E-state index contributed by atoms with van der Waals surface area (Å²) in [7, 11) is 2.01. The molecule has 1 fully saturated rings. The SMILES string of the molecule is CCOC(=O)/C=C/c1ccc2c(c1)nc(C1(N)CCC1)n2C. The third-order valence-corrected chi connectivity index (χ3v) is 4.29. The van der Waals surface area contributed by atoms with Crippen molar-refractivity contribution in [3.63, 3.8) is 0 Å². The predicted octanol–water partition coefficient (Wildman–Crippen LogP) is 2.49. The van der Waals surface area contributed by atoms with Crippen LogP contribution in [0.5, 0.6) is 0 Å². The van der Waals surface area contributed by atoms with E-state index in [0.717, 1.165) is 41.7 Å². The molecule has 0 saturated heterocycles. The zero-order valence-electron chi connectivity index (χ0n) is 13.0. The molecule has 1 aliphatic carbocycles. The van der Waals surface area contributed by atoms with Crippen LogP contribution in [0.1, 0.15) is 37.6 Å². The number of rotatable bonds is 4. The summed E-state index contributed by atoms with van der Waals surface area (Å²) in [5, 5.41) is 0. The van der Waals surface area contributed by atoms with Crippen molar-refractivity contribution in [2.24, 2.45) is 12.8 Å². The van der Waals surface area contributed by atoms with Crippen molar-refractivity contribution in [3.8, 4) is 0 Å². The first kappa shape index (κ1) is 14.8. The molecule has 3 rings (SSSR count). The van der Waals surface area contributed by atoms with Gasteiger partial charge in [0.05, 0.1) is 23.2 Å². The molecule has 1 saturated carbocycles. The van der Waals surface area contributed by atoms with E-state index in [2.05, 4.69) is 4.57 Å². The molecule has 2 N–H and O–H groups in total. The molecule has 2 aromatic rings. The van der Waals surface area contributed by atoms with Gasteiger partial charge in [-0.2, -0.15) is 0 Å². The highest BCUT2D eigenvalue weighted by Crippen LogP contribution is 2.39. The van der Waals surface area contributed by atoms with Crippen molar-refractivity contribution in [2.45, 2.75) is 31.7 Å². The van der Waals surface area contributed by atoms with Crippen molar-refractivity contribution >= 4 is 23.1 Å². The van der Waals surface area contributed by atoms with Crippen LogP contribution in [0.4, 0.5) is 0 Å². The van der Waals surface area contributed by atoms with E-state index in [1.165, 1.54) is 6.08 Å². The van der Waals surface area contributed by atoms with Crippen molar-refractivity contribution in [1.29, 1.82) is 0 Å². The lowest BCUT2D eigenvalue weighted by Crippen LogP contribution is -2.45. The second-order valence-corrected chi connectivity index (χ2v) is 5.84. The van der Waals surface area contributed by atoms with E-state index in [4.69, 9.17) is 15.5 Å². The molecule has 0 aliphatic heterocycles. The highest BCUT2D eigenvalue weighted by molar-refractivity contribution is 5.88. The van der Waals surface area contributed by atoms with Gasteiger partial charge in [-0.1, -0.05) is 6.07 Å². The molecule has 1 aliphatic rings. The molecule has 116 valence electrons. The molecule has 0 bridgehead atoms. The number of aryl methyl sites for hydroxylation is 1. The molecular formula is C17H21N3O2. The first-order valence-corrected chi connectivity index (χ1v) is 7.64. The van der Waals surface area contributed by atoms with E-state index in [0.29, 0.717) is 6.61 Å². The van der Waals surface area contributed by atoms with Gasteiger partial charge in [0.15, 0.2) is 0 Å². The van der Waals surface area contributed by atoms with Gasteiger partial charge in [-0.3, -0.25) is 0 Å². The number of hydrogen-bond donors (Lipinski definition) is 1. The van der Waals surface area contributed by atoms with Gasteiger partial charge >= 0.3 is 5.97 Å². The number of benzene rings is 1. The smallest absolute Gasteiger partial charge is 0.330 e. The van der Waals surface area contributed by atoms with Crippen molar-refractivity contribution < 1.29 is 9.53 Å².